The van der Waals surface area contributed by atoms with E-state index in [0.717, 1.165) is 0 Å². The fourth-order valence-corrected chi connectivity index (χ4v) is 0.408. The second-order valence-corrected chi connectivity index (χ2v) is 1.97. The molecule has 0 rings (SSSR count). The molecule has 0 aromatic heterocycles. The van der Waals surface area contributed by atoms with Crippen LogP contribution in [0.15, 0.2) is 0 Å². The van der Waals surface area contributed by atoms with Crippen LogP contribution in [0.3, 0.4) is 0 Å². The van der Waals surface area contributed by atoms with E-state index in [1.165, 1.54) is 0 Å². The van der Waals surface area contributed by atoms with Crippen molar-refractivity contribution in [2.24, 2.45) is 5.92 Å². The number of hydrogen-bond donors (Lipinski definition) is 0. The van der Waals surface area contributed by atoms with Gasteiger partial charge in [-0.15, -0.1) is 12.4 Å². The molecule has 0 saturated heterocycles. The Balaban J connectivity index is 0. The van der Waals surface area contributed by atoms with Crippen molar-refractivity contribution in [3.63, 3.8) is 0 Å². The molecule has 0 atom stereocenters. The Hall–Kier alpha value is -0.0400. The number of carbonyl (C=O) groups is 1. The average Bonchev–Trinajstić information content (AvgIpc) is 1.65. The molecule has 0 heterocycles. The summed E-state index contributed by atoms with van der Waals surface area (Å²) in [7, 11) is 0. The fraction of sp³-hybridized carbons (Fsp3) is 0.833. The van der Waals surface area contributed by atoms with E-state index in [-0.39, 0.29) is 18.3 Å². The number of hydrogen-bond acceptors (Lipinski definition) is 1. The number of rotatable bonds is 2. The summed E-state index contributed by atoms with van der Waals surface area (Å²) in [6.45, 7) is 5.74. The zero-order valence-electron chi connectivity index (χ0n) is 5.60. The SMILES string of the molecule is CCC(=O)C(C)C.Cl. The Morgan fingerprint density at radius 2 is 1.88 bits per heavy atom. The van der Waals surface area contributed by atoms with Crippen LogP contribution in [0.2, 0.25) is 0 Å². The number of carbonyl (C=O) groups excluding carboxylic acids is 1. The van der Waals surface area contributed by atoms with Crippen molar-refractivity contribution in [3.05, 3.63) is 0 Å². The maximum absolute atomic E-state index is 10.5. The van der Waals surface area contributed by atoms with Gasteiger partial charge in [0.2, 0.25) is 0 Å². The van der Waals surface area contributed by atoms with E-state index in [1.54, 1.807) is 0 Å². The van der Waals surface area contributed by atoms with E-state index in [1.807, 2.05) is 20.8 Å². The van der Waals surface area contributed by atoms with Crippen LogP contribution in [-0.4, -0.2) is 5.78 Å². The third kappa shape index (κ3) is 4.13. The molecule has 0 radical (unpaired) electrons. The van der Waals surface area contributed by atoms with Gasteiger partial charge < -0.3 is 0 Å². The van der Waals surface area contributed by atoms with Gasteiger partial charge in [-0.25, -0.2) is 0 Å². The Morgan fingerprint density at radius 3 is 1.88 bits per heavy atom. The largest absolute Gasteiger partial charge is 0.299 e. The second-order valence-electron chi connectivity index (χ2n) is 1.97. The van der Waals surface area contributed by atoms with Crippen LogP contribution in [0, 0.1) is 5.92 Å². The highest BCUT2D eigenvalue weighted by Gasteiger charge is 2.00. The fourth-order valence-electron chi connectivity index (χ4n) is 0.408. The van der Waals surface area contributed by atoms with Crippen molar-refractivity contribution in [1.29, 1.82) is 0 Å². The van der Waals surface area contributed by atoms with Crippen LogP contribution in [0.5, 0.6) is 0 Å². The first-order valence-electron chi connectivity index (χ1n) is 2.71. The molecule has 0 aliphatic rings. The summed E-state index contributed by atoms with van der Waals surface area (Å²) in [5, 5.41) is 0. The average molecular weight is 137 g/mol. The zero-order chi connectivity index (χ0) is 5.86. The third-order valence-corrected chi connectivity index (χ3v) is 0.992. The van der Waals surface area contributed by atoms with Gasteiger partial charge in [0.05, 0.1) is 0 Å². The van der Waals surface area contributed by atoms with Gasteiger partial charge in [-0.05, 0) is 0 Å². The minimum Gasteiger partial charge on any atom is -0.299 e. The van der Waals surface area contributed by atoms with Crippen molar-refractivity contribution in [1.82, 2.24) is 0 Å². The molecule has 0 saturated carbocycles. The number of halogens is 1. The summed E-state index contributed by atoms with van der Waals surface area (Å²) in [6, 6.07) is 0. The van der Waals surface area contributed by atoms with Crippen molar-refractivity contribution >= 4 is 18.2 Å². The van der Waals surface area contributed by atoms with Gasteiger partial charge in [-0.3, -0.25) is 4.79 Å². The molecule has 8 heavy (non-hydrogen) atoms. The van der Waals surface area contributed by atoms with Crippen LogP contribution in [0.1, 0.15) is 27.2 Å². The minimum atomic E-state index is 0. The van der Waals surface area contributed by atoms with E-state index in [9.17, 15) is 4.79 Å². The molecular formula is C6H13ClO. The van der Waals surface area contributed by atoms with Crippen LogP contribution < -0.4 is 0 Å². The molecule has 0 unspecified atom stereocenters. The van der Waals surface area contributed by atoms with E-state index >= 15 is 0 Å². The van der Waals surface area contributed by atoms with Gasteiger partial charge in [0.25, 0.3) is 0 Å². The highest BCUT2D eigenvalue weighted by molar-refractivity contribution is 5.85. The molecule has 0 aliphatic carbocycles. The molecule has 0 fully saturated rings. The molecule has 0 amide bonds. The monoisotopic (exact) mass is 136 g/mol. The normalized spacial score (nSPS) is 8.50. The van der Waals surface area contributed by atoms with Crippen LogP contribution >= 0.6 is 12.4 Å². The first-order valence-corrected chi connectivity index (χ1v) is 2.71. The first-order chi connectivity index (χ1) is 3.18. The predicted octanol–water partition coefficient (Wildman–Crippen LogP) is 2.04. The smallest absolute Gasteiger partial charge is 0.135 e. The maximum atomic E-state index is 10.5. The Labute approximate surface area is 56.9 Å². The predicted molar refractivity (Wildman–Crippen MR) is 37.4 cm³/mol. The maximum Gasteiger partial charge on any atom is 0.135 e. The highest BCUT2D eigenvalue weighted by Crippen LogP contribution is 1.95. The topological polar surface area (TPSA) is 17.1 Å². The molecule has 2 heteroatoms. The number of ketones is 1. The molecule has 0 bridgehead atoms. The summed E-state index contributed by atoms with van der Waals surface area (Å²) < 4.78 is 0. The minimum absolute atomic E-state index is 0. The summed E-state index contributed by atoms with van der Waals surface area (Å²) in [5.74, 6) is 0.574. The third-order valence-electron chi connectivity index (χ3n) is 0.992. The van der Waals surface area contributed by atoms with E-state index in [4.69, 9.17) is 0 Å². The van der Waals surface area contributed by atoms with Crippen LogP contribution in [0.4, 0.5) is 0 Å². The van der Waals surface area contributed by atoms with Crippen LogP contribution in [-0.2, 0) is 4.79 Å². The van der Waals surface area contributed by atoms with Gasteiger partial charge in [-0.1, -0.05) is 20.8 Å². The molecule has 50 valence electrons. The lowest BCUT2D eigenvalue weighted by Crippen LogP contribution is -2.03. The second kappa shape index (κ2) is 5.10. The van der Waals surface area contributed by atoms with E-state index < -0.39 is 0 Å². The molecule has 0 aromatic carbocycles. The number of Topliss-reactive ketones (excluding diaryl/α,β-unsaturated/α-hetero) is 1. The lowest BCUT2D eigenvalue weighted by atomic mass is 10.1. The van der Waals surface area contributed by atoms with Crippen molar-refractivity contribution in [2.45, 2.75) is 27.2 Å². The highest BCUT2D eigenvalue weighted by atomic mass is 35.5. The van der Waals surface area contributed by atoms with E-state index in [0.29, 0.717) is 12.2 Å². The van der Waals surface area contributed by atoms with Gasteiger partial charge in [0.15, 0.2) is 0 Å². The first kappa shape index (κ1) is 10.9. The molecular weight excluding hydrogens is 124 g/mol. The lowest BCUT2D eigenvalue weighted by Gasteiger charge is -1.96. The van der Waals surface area contributed by atoms with Crippen molar-refractivity contribution in [2.75, 3.05) is 0 Å². The van der Waals surface area contributed by atoms with Crippen LogP contribution in [0.25, 0.3) is 0 Å². The van der Waals surface area contributed by atoms with Gasteiger partial charge in [0, 0.05) is 12.3 Å². The molecule has 1 nitrogen and oxygen atoms in total. The standard InChI is InChI=1S/C6H12O.ClH/c1-4-6(7)5(2)3;/h5H,4H2,1-3H3;1H. The molecule has 0 spiro atoms. The van der Waals surface area contributed by atoms with Gasteiger partial charge in [0.1, 0.15) is 5.78 Å². The van der Waals surface area contributed by atoms with Gasteiger partial charge >= 0.3 is 0 Å². The summed E-state index contributed by atoms with van der Waals surface area (Å²) in [5.41, 5.74) is 0. The van der Waals surface area contributed by atoms with Crippen molar-refractivity contribution in [3.8, 4) is 0 Å². The Morgan fingerprint density at radius 1 is 1.50 bits per heavy atom. The van der Waals surface area contributed by atoms with Gasteiger partial charge in [-0.2, -0.15) is 0 Å². The molecule has 0 aliphatic heterocycles. The Kier molecular flexibility index (Phi) is 6.93. The lowest BCUT2D eigenvalue weighted by molar-refractivity contribution is -0.121. The van der Waals surface area contributed by atoms with Crippen molar-refractivity contribution < 1.29 is 4.79 Å². The molecule has 0 aromatic rings. The summed E-state index contributed by atoms with van der Waals surface area (Å²) in [6.07, 6.45) is 0.678. The van der Waals surface area contributed by atoms with E-state index in [2.05, 4.69) is 0 Å². The Bertz CT molecular complexity index is 68.9. The zero-order valence-corrected chi connectivity index (χ0v) is 6.42. The summed E-state index contributed by atoms with van der Waals surface area (Å²) in [4.78, 5) is 10.5. The summed E-state index contributed by atoms with van der Waals surface area (Å²) >= 11 is 0. The molecule has 0 N–H and O–H groups in total. The quantitative estimate of drug-likeness (QED) is 0.568.